The molecule has 21 heavy (non-hydrogen) atoms. The maximum absolute atomic E-state index is 12.2. The molecule has 1 fully saturated rings. The Labute approximate surface area is 130 Å². The molecule has 0 unspecified atom stereocenters. The van der Waals surface area contributed by atoms with Gasteiger partial charge in [-0.25, -0.2) is 0 Å². The largest absolute Gasteiger partial charge is 0.486 e. The van der Waals surface area contributed by atoms with E-state index in [9.17, 15) is 4.79 Å². The van der Waals surface area contributed by atoms with Crippen molar-refractivity contribution in [1.82, 2.24) is 5.32 Å². The zero-order valence-electron chi connectivity index (χ0n) is 13.2. The number of nitrogen functional groups attached to an aromatic ring is 1. The molecule has 1 aliphatic carbocycles. The molecule has 0 atom stereocenters. The number of hydrogen-bond donors (Lipinski definition) is 3. The minimum atomic E-state index is -0.0915. The van der Waals surface area contributed by atoms with Crippen molar-refractivity contribution in [2.75, 3.05) is 17.6 Å². The zero-order chi connectivity index (χ0) is 15.6. The summed E-state index contributed by atoms with van der Waals surface area (Å²) in [4.78, 5) is 12.8. The third-order valence-electron chi connectivity index (χ3n) is 3.04. The maximum atomic E-state index is 12.2. The SMILES string of the molecule is CC(C)CNc1sc(C(=O)NC2CC2)c(N)c1OC(C)C. The van der Waals surface area contributed by atoms with Gasteiger partial charge in [-0.1, -0.05) is 13.8 Å². The first-order valence-corrected chi connectivity index (χ1v) is 8.33. The second-order valence-electron chi connectivity index (χ2n) is 6.19. The predicted octanol–water partition coefficient (Wildman–Crippen LogP) is 3.08. The lowest BCUT2D eigenvalue weighted by atomic mass is 10.2. The first-order valence-electron chi connectivity index (χ1n) is 7.52. The van der Waals surface area contributed by atoms with E-state index in [4.69, 9.17) is 10.5 Å². The summed E-state index contributed by atoms with van der Waals surface area (Å²) in [5.74, 6) is 1.02. The maximum Gasteiger partial charge on any atom is 0.263 e. The number of hydrogen-bond acceptors (Lipinski definition) is 5. The lowest BCUT2D eigenvalue weighted by molar-refractivity contribution is 0.0955. The van der Waals surface area contributed by atoms with Gasteiger partial charge in [0.25, 0.3) is 5.91 Å². The number of carbonyl (C=O) groups excluding carboxylic acids is 1. The number of nitrogens with two attached hydrogens (primary N) is 1. The van der Waals surface area contributed by atoms with Crippen LogP contribution in [-0.2, 0) is 0 Å². The highest BCUT2D eigenvalue weighted by atomic mass is 32.1. The van der Waals surface area contributed by atoms with Crippen molar-refractivity contribution in [2.45, 2.75) is 52.7 Å². The Morgan fingerprint density at radius 2 is 2.05 bits per heavy atom. The molecular formula is C15H25N3O2S. The molecule has 118 valence electrons. The molecule has 0 spiro atoms. The summed E-state index contributed by atoms with van der Waals surface area (Å²) in [5.41, 5.74) is 6.58. The highest BCUT2D eigenvalue weighted by Gasteiger charge is 2.28. The van der Waals surface area contributed by atoms with Crippen molar-refractivity contribution >= 4 is 27.9 Å². The molecule has 6 heteroatoms. The van der Waals surface area contributed by atoms with Gasteiger partial charge in [0.05, 0.1) is 6.10 Å². The van der Waals surface area contributed by atoms with Crippen molar-refractivity contribution < 1.29 is 9.53 Å². The molecule has 1 aromatic rings. The molecular weight excluding hydrogens is 286 g/mol. The van der Waals surface area contributed by atoms with Crippen LogP contribution < -0.4 is 21.1 Å². The predicted molar refractivity (Wildman–Crippen MR) is 88.3 cm³/mol. The van der Waals surface area contributed by atoms with Crippen LogP contribution in [0.2, 0.25) is 0 Å². The van der Waals surface area contributed by atoms with Crippen LogP contribution in [0.3, 0.4) is 0 Å². The van der Waals surface area contributed by atoms with E-state index in [1.165, 1.54) is 11.3 Å². The molecule has 1 amide bonds. The number of rotatable bonds is 7. The highest BCUT2D eigenvalue weighted by Crippen LogP contribution is 2.43. The second-order valence-corrected chi connectivity index (χ2v) is 7.21. The number of thiophene rings is 1. The molecule has 1 aliphatic rings. The van der Waals surface area contributed by atoms with Gasteiger partial charge in [0, 0.05) is 12.6 Å². The molecule has 0 saturated heterocycles. The fourth-order valence-corrected chi connectivity index (χ4v) is 2.81. The molecule has 4 N–H and O–H groups in total. The summed E-state index contributed by atoms with van der Waals surface area (Å²) < 4.78 is 5.80. The lowest BCUT2D eigenvalue weighted by Crippen LogP contribution is -2.25. The van der Waals surface area contributed by atoms with Crippen molar-refractivity contribution in [3.8, 4) is 5.75 Å². The first kappa shape index (κ1) is 15.9. The van der Waals surface area contributed by atoms with E-state index in [1.54, 1.807) is 0 Å². The van der Waals surface area contributed by atoms with Crippen molar-refractivity contribution in [2.24, 2.45) is 5.92 Å². The number of amides is 1. The van der Waals surface area contributed by atoms with Gasteiger partial charge >= 0.3 is 0 Å². The Bertz CT molecular complexity index is 507. The van der Waals surface area contributed by atoms with E-state index in [0.717, 1.165) is 24.4 Å². The second kappa shape index (κ2) is 6.56. The topological polar surface area (TPSA) is 76.4 Å². The third-order valence-corrected chi connectivity index (χ3v) is 4.19. The number of nitrogens with one attached hydrogen (secondary N) is 2. The summed E-state index contributed by atoms with van der Waals surface area (Å²) in [6.45, 7) is 8.99. The fourth-order valence-electron chi connectivity index (χ4n) is 1.84. The third kappa shape index (κ3) is 4.27. The summed E-state index contributed by atoms with van der Waals surface area (Å²) in [6, 6.07) is 0.320. The molecule has 5 nitrogen and oxygen atoms in total. The van der Waals surface area contributed by atoms with E-state index >= 15 is 0 Å². The van der Waals surface area contributed by atoms with Crippen molar-refractivity contribution in [3.63, 3.8) is 0 Å². The van der Waals surface area contributed by atoms with Crippen LogP contribution in [0.25, 0.3) is 0 Å². The van der Waals surface area contributed by atoms with Gasteiger partial charge in [0.15, 0.2) is 5.75 Å². The van der Waals surface area contributed by atoms with Crippen molar-refractivity contribution in [3.05, 3.63) is 4.88 Å². The van der Waals surface area contributed by atoms with Gasteiger partial charge in [-0.15, -0.1) is 11.3 Å². The quantitative estimate of drug-likeness (QED) is 0.723. The van der Waals surface area contributed by atoms with Crippen LogP contribution in [0.1, 0.15) is 50.2 Å². The molecule has 1 aromatic heterocycles. The minimum absolute atomic E-state index is 0.0147. The van der Waals surface area contributed by atoms with E-state index in [0.29, 0.717) is 28.3 Å². The molecule has 0 aliphatic heterocycles. The summed E-state index contributed by atoms with van der Waals surface area (Å²) >= 11 is 1.37. The molecule has 1 heterocycles. The summed E-state index contributed by atoms with van der Waals surface area (Å²) in [7, 11) is 0. The molecule has 1 saturated carbocycles. The van der Waals surface area contributed by atoms with Crippen LogP contribution in [-0.4, -0.2) is 24.6 Å². The lowest BCUT2D eigenvalue weighted by Gasteiger charge is -2.13. The van der Waals surface area contributed by atoms with Gasteiger partial charge < -0.3 is 21.1 Å². The van der Waals surface area contributed by atoms with Crippen LogP contribution in [0.4, 0.5) is 10.7 Å². The number of carbonyl (C=O) groups is 1. The normalized spacial score (nSPS) is 14.6. The Morgan fingerprint density at radius 3 is 2.57 bits per heavy atom. The van der Waals surface area contributed by atoms with Gasteiger partial charge in [-0.2, -0.15) is 0 Å². The molecule has 0 bridgehead atoms. The minimum Gasteiger partial charge on any atom is -0.486 e. The van der Waals surface area contributed by atoms with Crippen LogP contribution in [0.15, 0.2) is 0 Å². The Hall–Kier alpha value is -1.43. The van der Waals surface area contributed by atoms with Crippen LogP contribution >= 0.6 is 11.3 Å². The van der Waals surface area contributed by atoms with Crippen LogP contribution in [0.5, 0.6) is 5.75 Å². The molecule has 2 rings (SSSR count). The standard InChI is InChI=1S/C15H25N3O2S/c1-8(2)7-17-15-12(20-9(3)4)11(16)13(21-15)14(19)18-10-5-6-10/h8-10,17H,5-7,16H2,1-4H3,(H,18,19). The molecule has 0 aromatic carbocycles. The highest BCUT2D eigenvalue weighted by molar-refractivity contribution is 7.19. The monoisotopic (exact) mass is 311 g/mol. The molecule has 0 radical (unpaired) electrons. The van der Waals surface area contributed by atoms with Crippen LogP contribution in [0, 0.1) is 5.92 Å². The van der Waals surface area contributed by atoms with Gasteiger partial charge in [-0.3, -0.25) is 4.79 Å². The van der Waals surface area contributed by atoms with Gasteiger partial charge in [0.2, 0.25) is 0 Å². The van der Waals surface area contributed by atoms with E-state index in [1.807, 2.05) is 13.8 Å². The Balaban J connectivity index is 2.21. The Morgan fingerprint density at radius 1 is 1.38 bits per heavy atom. The average Bonchev–Trinajstić information content (AvgIpc) is 3.14. The summed E-state index contributed by atoms with van der Waals surface area (Å²) in [6.07, 6.45) is 2.14. The average molecular weight is 311 g/mol. The fraction of sp³-hybridized carbons (Fsp3) is 0.667. The van der Waals surface area contributed by atoms with E-state index in [2.05, 4.69) is 24.5 Å². The van der Waals surface area contributed by atoms with Gasteiger partial charge in [0.1, 0.15) is 15.6 Å². The zero-order valence-corrected chi connectivity index (χ0v) is 14.0. The number of ether oxygens (including phenoxy) is 1. The van der Waals surface area contributed by atoms with Gasteiger partial charge in [-0.05, 0) is 32.6 Å². The summed E-state index contributed by atoms with van der Waals surface area (Å²) in [5, 5.41) is 7.16. The smallest absolute Gasteiger partial charge is 0.263 e. The first-order chi connectivity index (χ1) is 9.88. The Kier molecular flexibility index (Phi) is 4.98. The van der Waals surface area contributed by atoms with E-state index < -0.39 is 0 Å². The number of anilines is 2. The van der Waals surface area contributed by atoms with Crippen molar-refractivity contribution in [1.29, 1.82) is 0 Å². The van der Waals surface area contributed by atoms with E-state index in [-0.39, 0.29) is 12.0 Å².